The minimum atomic E-state index is -3.47. The van der Waals surface area contributed by atoms with Gasteiger partial charge in [0.2, 0.25) is 9.84 Å². The molecule has 2 rings (SSSR count). The highest BCUT2D eigenvalue weighted by atomic mass is 32.2. The van der Waals surface area contributed by atoms with Crippen LogP contribution in [-0.4, -0.2) is 8.42 Å². The van der Waals surface area contributed by atoms with Gasteiger partial charge in [0.25, 0.3) is 0 Å². The molecule has 0 radical (unpaired) electrons. The SMILES string of the molecule is Cc1ccc(S(=O)(=O)c2ccccc2)c(C(C)(C)C)c1. The Balaban J connectivity index is 2.71. The van der Waals surface area contributed by atoms with Crippen molar-refractivity contribution in [2.45, 2.75) is 42.9 Å². The van der Waals surface area contributed by atoms with E-state index in [0.29, 0.717) is 9.79 Å². The standard InChI is InChI=1S/C17H20O2S/c1-13-10-11-16(15(12-13)17(2,3)4)20(18,19)14-8-6-5-7-9-14/h5-12H,1-4H3. The molecule has 20 heavy (non-hydrogen) atoms. The van der Waals surface area contributed by atoms with Crippen LogP contribution in [-0.2, 0) is 15.3 Å². The number of benzene rings is 2. The van der Waals surface area contributed by atoms with E-state index in [2.05, 4.69) is 0 Å². The topological polar surface area (TPSA) is 34.1 Å². The lowest BCUT2D eigenvalue weighted by Crippen LogP contribution is -2.17. The predicted octanol–water partition coefficient (Wildman–Crippen LogP) is 4.13. The number of sulfone groups is 1. The summed E-state index contributed by atoms with van der Waals surface area (Å²) in [6, 6.07) is 14.1. The molecule has 0 saturated carbocycles. The predicted molar refractivity (Wildman–Crippen MR) is 81.8 cm³/mol. The van der Waals surface area contributed by atoms with Crippen LogP contribution in [0.2, 0.25) is 0 Å². The molecule has 0 unspecified atom stereocenters. The maximum Gasteiger partial charge on any atom is 0.206 e. The quantitative estimate of drug-likeness (QED) is 0.833. The third-order valence-electron chi connectivity index (χ3n) is 3.29. The number of rotatable bonds is 2. The Morgan fingerprint density at radius 3 is 2.05 bits per heavy atom. The van der Waals surface area contributed by atoms with Crippen LogP contribution in [0.5, 0.6) is 0 Å². The molecule has 2 aromatic carbocycles. The average Bonchev–Trinajstić information content (AvgIpc) is 2.38. The third kappa shape index (κ3) is 2.78. The highest BCUT2D eigenvalue weighted by Crippen LogP contribution is 2.32. The Bertz CT molecular complexity index is 708. The largest absolute Gasteiger partial charge is 0.219 e. The molecule has 2 aromatic rings. The van der Waals surface area contributed by atoms with Crippen LogP contribution in [0.1, 0.15) is 31.9 Å². The summed E-state index contributed by atoms with van der Waals surface area (Å²) in [7, 11) is -3.47. The monoisotopic (exact) mass is 288 g/mol. The average molecular weight is 288 g/mol. The normalized spacial score (nSPS) is 12.4. The van der Waals surface area contributed by atoms with E-state index >= 15 is 0 Å². The van der Waals surface area contributed by atoms with Gasteiger partial charge in [0.15, 0.2) is 0 Å². The molecule has 0 spiro atoms. The van der Waals surface area contributed by atoms with Crippen LogP contribution in [0.25, 0.3) is 0 Å². The fourth-order valence-electron chi connectivity index (χ4n) is 2.19. The Morgan fingerprint density at radius 1 is 0.900 bits per heavy atom. The van der Waals surface area contributed by atoms with Gasteiger partial charge >= 0.3 is 0 Å². The van der Waals surface area contributed by atoms with E-state index in [4.69, 9.17) is 0 Å². The smallest absolute Gasteiger partial charge is 0.206 e. The highest BCUT2D eigenvalue weighted by Gasteiger charge is 2.26. The van der Waals surface area contributed by atoms with Crippen molar-refractivity contribution in [2.75, 3.05) is 0 Å². The van der Waals surface area contributed by atoms with Crippen molar-refractivity contribution in [3.63, 3.8) is 0 Å². The number of hydrogen-bond donors (Lipinski definition) is 0. The Hall–Kier alpha value is -1.61. The van der Waals surface area contributed by atoms with Gasteiger partial charge in [0, 0.05) is 0 Å². The first-order valence-corrected chi connectivity index (χ1v) is 8.12. The van der Waals surface area contributed by atoms with Crippen molar-refractivity contribution in [1.29, 1.82) is 0 Å². The third-order valence-corrected chi connectivity index (χ3v) is 5.11. The molecule has 0 aliphatic rings. The van der Waals surface area contributed by atoms with Gasteiger partial charge in [-0.2, -0.15) is 0 Å². The second-order valence-electron chi connectivity index (χ2n) is 6.07. The summed E-state index contributed by atoms with van der Waals surface area (Å²) in [5.41, 5.74) is 1.71. The van der Waals surface area contributed by atoms with E-state index in [9.17, 15) is 8.42 Å². The van der Waals surface area contributed by atoms with E-state index < -0.39 is 9.84 Å². The molecule has 0 saturated heterocycles. The zero-order chi connectivity index (χ0) is 15.0. The zero-order valence-electron chi connectivity index (χ0n) is 12.3. The van der Waals surface area contributed by atoms with Gasteiger partial charge < -0.3 is 0 Å². The maximum atomic E-state index is 12.8. The summed E-state index contributed by atoms with van der Waals surface area (Å²) in [6.45, 7) is 8.08. The Kier molecular flexibility index (Phi) is 3.74. The summed E-state index contributed by atoms with van der Waals surface area (Å²) in [6.07, 6.45) is 0. The van der Waals surface area contributed by atoms with E-state index in [1.54, 1.807) is 30.3 Å². The van der Waals surface area contributed by atoms with Crippen LogP contribution >= 0.6 is 0 Å². The highest BCUT2D eigenvalue weighted by molar-refractivity contribution is 7.91. The van der Waals surface area contributed by atoms with Gasteiger partial charge in [-0.25, -0.2) is 8.42 Å². The molecule has 0 aliphatic heterocycles. The number of hydrogen-bond acceptors (Lipinski definition) is 2. The molecular weight excluding hydrogens is 268 g/mol. The molecule has 0 aromatic heterocycles. The molecule has 0 bridgehead atoms. The molecule has 0 atom stereocenters. The summed E-state index contributed by atoms with van der Waals surface area (Å²) in [4.78, 5) is 0.746. The fourth-order valence-corrected chi connectivity index (χ4v) is 3.86. The van der Waals surface area contributed by atoms with Crippen LogP contribution in [0.3, 0.4) is 0 Å². The summed E-state index contributed by atoms with van der Waals surface area (Å²) in [5, 5.41) is 0. The Labute approximate surface area is 121 Å². The van der Waals surface area contributed by atoms with Gasteiger partial charge in [0.05, 0.1) is 9.79 Å². The molecule has 0 amide bonds. The van der Waals surface area contributed by atoms with Gasteiger partial charge in [-0.05, 0) is 36.1 Å². The van der Waals surface area contributed by atoms with Gasteiger partial charge in [-0.3, -0.25) is 0 Å². The van der Waals surface area contributed by atoms with Crippen molar-refractivity contribution in [3.8, 4) is 0 Å². The second-order valence-corrected chi connectivity index (χ2v) is 7.98. The summed E-state index contributed by atoms with van der Waals surface area (Å²) >= 11 is 0. The lowest BCUT2D eigenvalue weighted by Gasteiger charge is -2.23. The van der Waals surface area contributed by atoms with Crippen LogP contribution in [0.4, 0.5) is 0 Å². The second kappa shape index (κ2) is 5.06. The van der Waals surface area contributed by atoms with Crippen LogP contribution < -0.4 is 0 Å². The van der Waals surface area contributed by atoms with Crippen molar-refractivity contribution < 1.29 is 8.42 Å². The van der Waals surface area contributed by atoms with E-state index in [-0.39, 0.29) is 5.41 Å². The molecule has 0 heterocycles. The van der Waals surface area contributed by atoms with Crippen molar-refractivity contribution in [1.82, 2.24) is 0 Å². The van der Waals surface area contributed by atoms with E-state index in [1.807, 2.05) is 45.9 Å². The zero-order valence-corrected chi connectivity index (χ0v) is 13.2. The fraction of sp³-hybridized carbons (Fsp3) is 0.294. The lowest BCUT2D eigenvalue weighted by atomic mass is 9.86. The molecule has 3 heteroatoms. The van der Waals surface area contributed by atoms with Crippen molar-refractivity contribution in [2.24, 2.45) is 0 Å². The summed E-state index contributed by atoms with van der Waals surface area (Å²) < 4.78 is 25.6. The molecule has 2 nitrogen and oxygen atoms in total. The minimum absolute atomic E-state index is 0.219. The van der Waals surface area contributed by atoms with E-state index in [0.717, 1.165) is 11.1 Å². The van der Waals surface area contributed by atoms with Crippen LogP contribution in [0.15, 0.2) is 58.3 Å². The van der Waals surface area contributed by atoms with Gasteiger partial charge in [-0.15, -0.1) is 0 Å². The maximum absolute atomic E-state index is 12.8. The first-order valence-electron chi connectivity index (χ1n) is 6.64. The van der Waals surface area contributed by atoms with E-state index in [1.165, 1.54) is 0 Å². The van der Waals surface area contributed by atoms with Gasteiger partial charge in [0.1, 0.15) is 0 Å². The Morgan fingerprint density at radius 2 is 1.50 bits per heavy atom. The molecule has 0 N–H and O–H groups in total. The molecule has 106 valence electrons. The first-order chi connectivity index (χ1) is 9.23. The molecule has 0 aliphatic carbocycles. The van der Waals surface area contributed by atoms with Crippen molar-refractivity contribution >= 4 is 9.84 Å². The van der Waals surface area contributed by atoms with Crippen LogP contribution in [0, 0.1) is 6.92 Å². The van der Waals surface area contributed by atoms with Crippen molar-refractivity contribution in [3.05, 3.63) is 59.7 Å². The summed E-state index contributed by atoms with van der Waals surface area (Å²) in [5.74, 6) is 0. The molecule has 0 fully saturated rings. The van der Waals surface area contributed by atoms with Gasteiger partial charge in [-0.1, -0.05) is 56.7 Å². The minimum Gasteiger partial charge on any atom is -0.219 e. The lowest BCUT2D eigenvalue weighted by molar-refractivity contribution is 0.561. The number of aryl methyl sites for hydroxylation is 1. The first kappa shape index (κ1) is 14.8. The molecular formula is C17H20O2S.